The first-order valence-electron chi connectivity index (χ1n) is 24.7. The summed E-state index contributed by atoms with van der Waals surface area (Å²) in [7, 11) is 3.22. The van der Waals surface area contributed by atoms with Crippen LogP contribution in [0.15, 0.2) is 73.7 Å². The Morgan fingerprint density at radius 2 is 1.51 bits per heavy atom. The fourth-order valence-corrected chi connectivity index (χ4v) is 7.85. The lowest BCUT2D eigenvalue weighted by molar-refractivity contribution is -0.902. The molecule has 0 spiro atoms. The quantitative estimate of drug-likeness (QED) is 0.0109. The van der Waals surface area contributed by atoms with E-state index in [4.69, 9.17) is 25.1 Å². The number of anilines is 2. The van der Waals surface area contributed by atoms with Gasteiger partial charge in [-0.25, -0.2) is 23.9 Å². The highest BCUT2D eigenvalue weighted by Crippen LogP contribution is 2.32. The first-order valence-corrected chi connectivity index (χ1v) is 24.7. The molecule has 5 rings (SSSR count). The van der Waals surface area contributed by atoms with Gasteiger partial charge >= 0.3 is 12.1 Å². The minimum Gasteiger partial charge on any atom is -0.554 e. The number of aliphatic carboxylic acids is 1. The molecule has 7 N–H and O–H groups in total. The highest BCUT2D eigenvalue weighted by Gasteiger charge is 2.25. The number of imidazole rings is 1. The average Bonchev–Trinajstić information content (AvgIpc) is 3.81. The zero-order valence-corrected chi connectivity index (χ0v) is 43.9. The number of rotatable bonds is 26. The van der Waals surface area contributed by atoms with Crippen molar-refractivity contribution in [2.75, 3.05) is 65.3 Å². The molecule has 1 atom stereocenters. The molecule has 0 fully saturated rings. The van der Waals surface area contributed by atoms with E-state index in [1.165, 1.54) is 55.9 Å². The lowest BCUT2D eigenvalue weighted by atomic mass is 10.0. The molecule has 5 aromatic rings. The molecule has 0 saturated carbocycles. The largest absolute Gasteiger partial charge is 0.554 e. The predicted molar refractivity (Wildman–Crippen MR) is 282 cm³/mol. The number of nitro benzene ring substituents is 1. The number of carbonyl (C=O) groups excluding carboxylic acids is 4. The smallest absolute Gasteiger partial charge is 0.407 e. The molecule has 412 valence electrons. The maximum absolute atomic E-state index is 14.8. The van der Waals surface area contributed by atoms with E-state index in [-0.39, 0.29) is 35.4 Å². The van der Waals surface area contributed by atoms with Crippen molar-refractivity contribution in [3.8, 4) is 17.0 Å². The van der Waals surface area contributed by atoms with Gasteiger partial charge in [0.25, 0.3) is 17.5 Å². The van der Waals surface area contributed by atoms with Crippen molar-refractivity contribution < 1.29 is 61.8 Å². The normalized spacial score (nSPS) is 11.6. The Morgan fingerprint density at radius 1 is 0.895 bits per heavy atom. The fourth-order valence-electron chi connectivity index (χ4n) is 7.85. The number of ether oxygens (including phenoxy) is 2. The molecule has 0 aliphatic heterocycles. The van der Waals surface area contributed by atoms with Crippen LogP contribution >= 0.6 is 0 Å². The molecular weight excluding hydrogens is 991 g/mol. The number of benzene rings is 3. The molecule has 76 heavy (non-hydrogen) atoms. The van der Waals surface area contributed by atoms with Gasteiger partial charge < -0.3 is 56.0 Å². The lowest BCUT2D eigenvalue weighted by Crippen LogP contribution is -2.49. The molecule has 0 aliphatic rings. The Morgan fingerprint density at radius 3 is 2.11 bits per heavy atom. The van der Waals surface area contributed by atoms with Gasteiger partial charge in [0.1, 0.15) is 5.60 Å². The standard InChI is InChI=1S/C33H41F2N7O4.C19H27N3O5.CH2O2/c1-4-22-19-23(9-10-24(22)33(45)38-14-6-5-7-17-42(2,18-8-13-36)21-28(43)44)40-31-32-39-20-26(41(32)16-15-37-31)25-11-12-27(46-3)30(35)29(25)34;1-5-14-13-15(22(25)26)9-10-16(14)17(23)20-11-7-6-8-12-21-18(24)27-19(2,3)4;2-1-3/h9-12,15-16,19-20H,4-8,13-14,17-18,21,36H2,1-3H3,(H2-,37,38,40,43,44,45);5,9-10,13H,1,6-8,11-12H2,2-4H3,(H,20,23)(H,21,24);1H,(H,2,3). The van der Waals surface area contributed by atoms with Gasteiger partial charge in [-0.1, -0.05) is 19.6 Å². The number of nitrogens with zero attached hydrogens (tertiary/aromatic N) is 5. The number of likely N-dealkylation sites (N-methyl/N-ethyl adjacent to an activating group) is 1. The maximum Gasteiger partial charge on any atom is 0.407 e. The molecule has 2 heterocycles. The Kier molecular flexibility index (Phi) is 25.4. The summed E-state index contributed by atoms with van der Waals surface area (Å²) in [4.78, 5) is 75.4. The summed E-state index contributed by atoms with van der Waals surface area (Å²) in [6.07, 6.45) is 11.8. The molecule has 0 bridgehead atoms. The van der Waals surface area contributed by atoms with Gasteiger partial charge in [0.15, 0.2) is 29.6 Å². The van der Waals surface area contributed by atoms with Crippen LogP contribution < -0.4 is 36.8 Å². The van der Waals surface area contributed by atoms with E-state index in [1.807, 2.05) is 20.0 Å². The van der Waals surface area contributed by atoms with E-state index >= 15 is 0 Å². The molecule has 0 aliphatic carbocycles. The minimum atomic E-state index is -1.08. The van der Waals surface area contributed by atoms with Crippen molar-refractivity contribution in [1.82, 2.24) is 30.3 Å². The number of carbonyl (C=O) groups is 5. The summed E-state index contributed by atoms with van der Waals surface area (Å²) in [5, 5.41) is 40.0. The third-order valence-corrected chi connectivity index (χ3v) is 11.6. The van der Waals surface area contributed by atoms with E-state index in [0.717, 1.165) is 63.6 Å². The first-order chi connectivity index (χ1) is 36.2. The predicted octanol–water partition coefficient (Wildman–Crippen LogP) is 6.80. The molecule has 3 amide bonds. The molecule has 0 saturated heterocycles. The van der Waals surface area contributed by atoms with Gasteiger partial charge in [-0.3, -0.25) is 24.1 Å². The molecule has 1 unspecified atom stereocenters. The number of hydrogen-bond acceptors (Lipinski definition) is 14. The molecule has 3 aromatic carbocycles. The van der Waals surface area contributed by atoms with Crippen LogP contribution in [-0.4, -0.2) is 125 Å². The molecule has 2 aromatic heterocycles. The van der Waals surface area contributed by atoms with Crippen LogP contribution in [0.3, 0.4) is 0 Å². The lowest BCUT2D eigenvalue weighted by Gasteiger charge is -2.33. The van der Waals surface area contributed by atoms with Crippen LogP contribution in [0.4, 0.5) is 30.8 Å². The number of aromatic nitrogens is 3. The van der Waals surface area contributed by atoms with Crippen molar-refractivity contribution in [2.24, 2.45) is 5.73 Å². The minimum absolute atomic E-state index is 0.0323. The van der Waals surface area contributed by atoms with Gasteiger partial charge in [0.2, 0.25) is 5.82 Å². The summed E-state index contributed by atoms with van der Waals surface area (Å²) >= 11 is 0. The number of methoxy groups -OCH3 is 1. The van der Waals surface area contributed by atoms with Crippen molar-refractivity contribution in [1.29, 1.82) is 0 Å². The van der Waals surface area contributed by atoms with E-state index < -0.39 is 40.7 Å². The third kappa shape index (κ3) is 19.7. The number of amides is 3. The number of nitrogens with one attached hydrogen (secondary N) is 4. The van der Waals surface area contributed by atoms with E-state index in [9.17, 15) is 43.2 Å². The highest BCUT2D eigenvalue weighted by atomic mass is 19.2. The van der Waals surface area contributed by atoms with Gasteiger partial charge in [0, 0.05) is 79.4 Å². The number of unbranched alkanes of at least 4 members (excludes halogenated alkanes) is 4. The highest BCUT2D eigenvalue weighted by molar-refractivity contribution is 5.98. The van der Waals surface area contributed by atoms with Crippen LogP contribution in [0, 0.1) is 21.7 Å². The number of carboxylic acids is 1. The number of non-ortho nitro benzene ring substituents is 1. The van der Waals surface area contributed by atoms with Crippen LogP contribution in [0.25, 0.3) is 23.0 Å². The zero-order chi connectivity index (χ0) is 56.4. The number of aryl methyl sites for hydroxylation is 1. The zero-order valence-electron chi connectivity index (χ0n) is 43.9. The summed E-state index contributed by atoms with van der Waals surface area (Å²) in [5.74, 6) is -3.17. The monoisotopic (exact) mass is 1060 g/mol. The number of fused-ring (bicyclic) bond motifs is 1. The van der Waals surface area contributed by atoms with E-state index in [2.05, 4.69) is 37.8 Å². The number of nitrogens with two attached hydrogens (primary N) is 1. The summed E-state index contributed by atoms with van der Waals surface area (Å²) in [6, 6.07) is 12.3. The van der Waals surface area contributed by atoms with E-state index in [1.54, 1.807) is 43.5 Å². The van der Waals surface area contributed by atoms with Crippen molar-refractivity contribution in [3.63, 3.8) is 0 Å². The second-order valence-electron chi connectivity index (χ2n) is 18.6. The Bertz CT molecular complexity index is 2770. The number of quaternary nitrogens is 1. The maximum atomic E-state index is 14.8. The Labute approximate surface area is 440 Å². The second-order valence-corrected chi connectivity index (χ2v) is 18.6. The molecule has 0 radical (unpaired) electrons. The molecular formula is C53H70F2N10O11. The summed E-state index contributed by atoms with van der Waals surface area (Å²) < 4.78 is 41.3. The van der Waals surface area contributed by atoms with Crippen LogP contribution in [0.2, 0.25) is 0 Å². The first kappa shape index (κ1) is 62.2. The number of carboxylic acid groups (broad SMARTS) is 2. The SMILES string of the molecule is C=Cc1cc([N+](=O)[O-])ccc1C(=O)NCCCCCNC(=O)OC(C)(C)C.CCc1cc(Nc2nccn3c(-c4ccc(OC)c(F)c4F)cnc23)ccc1C(=O)NCCCCC[N+](C)(CCCN)CC(=O)O.O=C[O-]. The summed E-state index contributed by atoms with van der Waals surface area (Å²) in [6.45, 7) is 14.0. The van der Waals surface area contributed by atoms with Crippen molar-refractivity contribution in [2.45, 2.75) is 84.7 Å². The molecule has 23 heteroatoms. The third-order valence-electron chi connectivity index (χ3n) is 11.6. The summed E-state index contributed by atoms with van der Waals surface area (Å²) in [5.41, 5.74) is 8.69. The van der Waals surface area contributed by atoms with Gasteiger partial charge in [-0.05, 0) is 120 Å². The average molecular weight is 1060 g/mol. The Balaban J connectivity index is 0.000000431. The number of nitro groups is 1. The Hall–Kier alpha value is -8.05. The number of hydrogen-bond donors (Lipinski definition) is 6. The second kappa shape index (κ2) is 31.0. The number of halogens is 2. The van der Waals surface area contributed by atoms with Gasteiger partial charge in [-0.15, -0.1) is 0 Å². The van der Waals surface area contributed by atoms with Crippen LogP contribution in [0.5, 0.6) is 5.75 Å². The van der Waals surface area contributed by atoms with Crippen LogP contribution in [0.1, 0.15) is 104 Å². The van der Waals surface area contributed by atoms with Crippen molar-refractivity contribution >= 4 is 59.3 Å². The van der Waals surface area contributed by atoms with E-state index in [0.29, 0.717) is 76.6 Å². The van der Waals surface area contributed by atoms with Crippen molar-refractivity contribution in [3.05, 3.63) is 118 Å². The molecule has 21 nitrogen and oxygen atoms in total. The van der Waals surface area contributed by atoms with Gasteiger partial charge in [0.05, 0.1) is 44.1 Å². The topological polar surface area (TPSA) is 295 Å². The fraction of sp³-hybridized carbons (Fsp3) is 0.415. The van der Waals surface area contributed by atoms with Gasteiger partial charge in [-0.2, -0.15) is 4.39 Å². The number of alkyl carbamates (subject to hydrolysis) is 1. The van der Waals surface area contributed by atoms with Crippen LogP contribution in [-0.2, 0) is 20.7 Å².